The van der Waals surface area contributed by atoms with Crippen LogP contribution >= 0.6 is 12.2 Å². The van der Waals surface area contributed by atoms with Gasteiger partial charge in [-0.15, -0.1) is 0 Å². The van der Waals surface area contributed by atoms with Crippen molar-refractivity contribution in [3.05, 3.63) is 90.0 Å². The number of nitrogens with zero attached hydrogens (tertiary/aromatic N) is 1. The molecule has 0 spiro atoms. The van der Waals surface area contributed by atoms with Crippen molar-refractivity contribution in [3.63, 3.8) is 0 Å². The molecule has 2 N–H and O–H groups in total. The third-order valence-corrected chi connectivity index (χ3v) is 4.96. The summed E-state index contributed by atoms with van der Waals surface area (Å²) in [6.07, 6.45) is -0.0759. The van der Waals surface area contributed by atoms with E-state index in [0.717, 1.165) is 5.69 Å². The standard InChI is InChI=1S/C26H27N3O3S/c1-4-29(19-12-6-5-7-13-19)25(31)20-14-8-10-16-22(20)27-26(33)28-24(30)21-15-9-11-17-23(21)32-18(2)3/h5-18H,4H2,1-3H3,(H2,27,28,30,33). The molecule has 0 fully saturated rings. The smallest absolute Gasteiger partial charge is 0.261 e. The lowest BCUT2D eigenvalue weighted by Crippen LogP contribution is -2.36. The van der Waals surface area contributed by atoms with Crippen molar-refractivity contribution in [1.29, 1.82) is 0 Å². The molecule has 0 saturated carbocycles. The average molecular weight is 462 g/mol. The first-order valence-corrected chi connectivity index (χ1v) is 11.2. The maximum absolute atomic E-state index is 13.3. The van der Waals surface area contributed by atoms with Gasteiger partial charge in [0.2, 0.25) is 0 Å². The lowest BCUT2D eigenvalue weighted by Gasteiger charge is -2.23. The molecule has 0 aliphatic carbocycles. The van der Waals surface area contributed by atoms with Crippen molar-refractivity contribution < 1.29 is 14.3 Å². The summed E-state index contributed by atoms with van der Waals surface area (Å²) in [6.45, 7) is 6.21. The van der Waals surface area contributed by atoms with E-state index in [9.17, 15) is 9.59 Å². The number of thiocarbonyl (C=S) groups is 1. The molecular formula is C26H27N3O3S. The van der Waals surface area contributed by atoms with Crippen LogP contribution in [-0.2, 0) is 0 Å². The lowest BCUT2D eigenvalue weighted by atomic mass is 10.1. The zero-order valence-electron chi connectivity index (χ0n) is 18.9. The van der Waals surface area contributed by atoms with Gasteiger partial charge in [0.25, 0.3) is 11.8 Å². The Bertz CT molecular complexity index is 1130. The number of benzene rings is 3. The van der Waals surface area contributed by atoms with Crippen LogP contribution in [0.25, 0.3) is 0 Å². The van der Waals surface area contributed by atoms with Crippen LogP contribution in [0.4, 0.5) is 11.4 Å². The number of amides is 2. The van der Waals surface area contributed by atoms with E-state index in [1.165, 1.54) is 0 Å². The van der Waals surface area contributed by atoms with E-state index in [-0.39, 0.29) is 17.1 Å². The monoisotopic (exact) mass is 461 g/mol. The lowest BCUT2D eigenvalue weighted by molar-refractivity contribution is 0.0969. The van der Waals surface area contributed by atoms with Gasteiger partial charge in [-0.25, -0.2) is 0 Å². The zero-order valence-corrected chi connectivity index (χ0v) is 19.7. The van der Waals surface area contributed by atoms with E-state index in [1.807, 2.05) is 51.1 Å². The molecule has 170 valence electrons. The summed E-state index contributed by atoms with van der Waals surface area (Å²) in [7, 11) is 0. The summed E-state index contributed by atoms with van der Waals surface area (Å²) in [5, 5.41) is 5.76. The highest BCUT2D eigenvalue weighted by molar-refractivity contribution is 7.80. The van der Waals surface area contributed by atoms with Gasteiger partial charge in [-0.2, -0.15) is 0 Å². The second kappa shape index (κ2) is 11.2. The van der Waals surface area contributed by atoms with E-state index in [2.05, 4.69) is 10.6 Å². The summed E-state index contributed by atoms with van der Waals surface area (Å²) in [5.74, 6) is -0.0894. The van der Waals surface area contributed by atoms with Crippen molar-refractivity contribution in [3.8, 4) is 5.75 Å². The summed E-state index contributed by atoms with van der Waals surface area (Å²) in [4.78, 5) is 27.8. The van der Waals surface area contributed by atoms with E-state index in [0.29, 0.717) is 29.1 Å². The number of carbonyl (C=O) groups is 2. The Labute approximate surface area is 199 Å². The molecular weight excluding hydrogens is 434 g/mol. The fourth-order valence-electron chi connectivity index (χ4n) is 3.31. The third kappa shape index (κ3) is 6.17. The fourth-order valence-corrected chi connectivity index (χ4v) is 3.51. The van der Waals surface area contributed by atoms with E-state index >= 15 is 0 Å². The molecule has 7 heteroatoms. The van der Waals surface area contributed by atoms with Crippen LogP contribution in [0.1, 0.15) is 41.5 Å². The van der Waals surface area contributed by atoms with Gasteiger partial charge in [0, 0.05) is 12.2 Å². The van der Waals surface area contributed by atoms with Crippen LogP contribution in [0.3, 0.4) is 0 Å². The summed E-state index contributed by atoms with van der Waals surface area (Å²) < 4.78 is 5.72. The average Bonchev–Trinajstić information content (AvgIpc) is 2.80. The third-order valence-electron chi connectivity index (χ3n) is 4.76. The molecule has 0 aliphatic heterocycles. The molecule has 3 rings (SSSR count). The van der Waals surface area contributed by atoms with Crippen molar-refractivity contribution in [2.75, 3.05) is 16.8 Å². The van der Waals surface area contributed by atoms with Crippen LogP contribution < -0.4 is 20.3 Å². The van der Waals surface area contributed by atoms with Crippen molar-refractivity contribution >= 4 is 40.5 Å². The Morgan fingerprint density at radius 1 is 0.909 bits per heavy atom. The number of ether oxygens (including phenoxy) is 1. The summed E-state index contributed by atoms with van der Waals surface area (Å²) >= 11 is 5.37. The molecule has 0 radical (unpaired) electrons. The minimum atomic E-state index is -0.396. The Morgan fingerprint density at radius 2 is 1.52 bits per heavy atom. The Kier molecular flexibility index (Phi) is 8.16. The van der Waals surface area contributed by atoms with E-state index < -0.39 is 5.91 Å². The molecule has 0 aromatic heterocycles. The number of rotatable bonds is 7. The zero-order chi connectivity index (χ0) is 23.8. The topological polar surface area (TPSA) is 70.7 Å². The van der Waals surface area contributed by atoms with E-state index in [1.54, 1.807) is 53.4 Å². The molecule has 3 aromatic rings. The normalized spacial score (nSPS) is 10.4. The fraction of sp³-hybridized carbons (Fsp3) is 0.192. The number of para-hydroxylation sites is 3. The molecule has 33 heavy (non-hydrogen) atoms. The van der Waals surface area contributed by atoms with Gasteiger partial charge in [0.05, 0.1) is 22.9 Å². The van der Waals surface area contributed by atoms with Gasteiger partial charge >= 0.3 is 0 Å². The van der Waals surface area contributed by atoms with Gasteiger partial charge in [-0.05, 0) is 69.4 Å². The van der Waals surface area contributed by atoms with Crippen LogP contribution in [-0.4, -0.2) is 29.6 Å². The van der Waals surface area contributed by atoms with Crippen LogP contribution in [0.2, 0.25) is 0 Å². The molecule has 0 unspecified atom stereocenters. The minimum absolute atomic E-state index is 0.0759. The maximum atomic E-state index is 13.3. The predicted molar refractivity (Wildman–Crippen MR) is 136 cm³/mol. The highest BCUT2D eigenvalue weighted by Gasteiger charge is 2.20. The van der Waals surface area contributed by atoms with E-state index in [4.69, 9.17) is 17.0 Å². The number of carbonyl (C=O) groups excluding carboxylic acids is 2. The second-order valence-electron chi connectivity index (χ2n) is 7.50. The number of anilines is 2. The molecule has 0 atom stereocenters. The Hall–Kier alpha value is -3.71. The highest BCUT2D eigenvalue weighted by atomic mass is 32.1. The largest absolute Gasteiger partial charge is 0.490 e. The predicted octanol–water partition coefficient (Wildman–Crippen LogP) is 5.27. The molecule has 0 aliphatic rings. The number of nitrogens with one attached hydrogen (secondary N) is 2. The van der Waals surface area contributed by atoms with Crippen molar-refractivity contribution in [2.24, 2.45) is 0 Å². The maximum Gasteiger partial charge on any atom is 0.261 e. The minimum Gasteiger partial charge on any atom is -0.490 e. The van der Waals surface area contributed by atoms with Crippen LogP contribution in [0, 0.1) is 0 Å². The second-order valence-corrected chi connectivity index (χ2v) is 7.91. The molecule has 6 nitrogen and oxygen atoms in total. The Balaban J connectivity index is 1.77. The SMILES string of the molecule is CCN(C(=O)c1ccccc1NC(=S)NC(=O)c1ccccc1OC(C)C)c1ccccc1. The molecule has 0 bridgehead atoms. The first-order chi connectivity index (χ1) is 15.9. The summed E-state index contributed by atoms with van der Waals surface area (Å²) in [5.41, 5.74) is 2.13. The molecule has 0 heterocycles. The molecule has 3 aromatic carbocycles. The van der Waals surface area contributed by atoms with Gasteiger partial charge in [-0.3, -0.25) is 14.9 Å². The first-order valence-electron chi connectivity index (χ1n) is 10.7. The van der Waals surface area contributed by atoms with Gasteiger partial charge < -0.3 is 15.0 Å². The quantitative estimate of drug-likeness (QED) is 0.469. The highest BCUT2D eigenvalue weighted by Crippen LogP contribution is 2.22. The van der Waals surface area contributed by atoms with Crippen molar-refractivity contribution in [2.45, 2.75) is 26.9 Å². The van der Waals surface area contributed by atoms with Crippen LogP contribution in [0.5, 0.6) is 5.75 Å². The number of hydrogen-bond acceptors (Lipinski definition) is 4. The van der Waals surface area contributed by atoms with Crippen molar-refractivity contribution in [1.82, 2.24) is 5.32 Å². The summed E-state index contributed by atoms with van der Waals surface area (Å²) in [6, 6.07) is 23.5. The number of hydrogen-bond donors (Lipinski definition) is 2. The molecule has 0 saturated heterocycles. The van der Waals surface area contributed by atoms with Crippen LogP contribution in [0.15, 0.2) is 78.9 Å². The molecule has 2 amide bonds. The first kappa shape index (κ1) is 23.9. The van der Waals surface area contributed by atoms with Gasteiger partial charge in [0.15, 0.2) is 5.11 Å². The van der Waals surface area contributed by atoms with Gasteiger partial charge in [-0.1, -0.05) is 42.5 Å². The Morgan fingerprint density at radius 3 is 2.18 bits per heavy atom. The van der Waals surface area contributed by atoms with Gasteiger partial charge in [0.1, 0.15) is 5.75 Å².